The normalized spacial score (nSPS) is 18.8. The van der Waals surface area contributed by atoms with E-state index in [1.165, 1.54) is 21.5 Å². The van der Waals surface area contributed by atoms with Crippen molar-refractivity contribution in [3.63, 3.8) is 0 Å². The predicted octanol–water partition coefficient (Wildman–Crippen LogP) is 6.51. The van der Waals surface area contributed by atoms with Crippen molar-refractivity contribution in [2.24, 2.45) is 5.41 Å². The summed E-state index contributed by atoms with van der Waals surface area (Å²) in [6.45, 7) is 19.8. The SMILES string of the molecule is CCOCCOC(C)C#CC1=C(C)C[C@@H](O[Si](c2ccccc2)(c2ccccc2)C(C)(C)C)CC1(C)C. The standard InChI is InChI=1S/C33H46O3Si/c1-9-34-22-23-35-27(3)20-21-31-26(2)24-28(25-33(31,7)8)36-37(32(4,5)6,29-16-12-10-13-17-29)30-18-14-11-15-19-30/h10-19,27-28H,9,22-25H2,1-8H3/t27?,28-/m1/s1. The minimum absolute atomic E-state index is 0.0359. The molecule has 37 heavy (non-hydrogen) atoms. The fourth-order valence-electron chi connectivity index (χ4n) is 5.71. The smallest absolute Gasteiger partial charge is 0.261 e. The topological polar surface area (TPSA) is 27.7 Å². The summed E-state index contributed by atoms with van der Waals surface area (Å²) >= 11 is 0. The number of allylic oxidation sites excluding steroid dienone is 1. The molecule has 1 aliphatic carbocycles. The highest BCUT2D eigenvalue weighted by Crippen LogP contribution is 2.44. The van der Waals surface area contributed by atoms with Crippen molar-refractivity contribution < 1.29 is 13.9 Å². The third kappa shape index (κ3) is 7.03. The molecule has 0 saturated carbocycles. The molecule has 1 unspecified atom stereocenters. The van der Waals surface area contributed by atoms with Gasteiger partial charge in [0.2, 0.25) is 0 Å². The summed E-state index contributed by atoms with van der Waals surface area (Å²) in [6.07, 6.45) is 1.85. The van der Waals surface area contributed by atoms with E-state index in [-0.39, 0.29) is 22.7 Å². The van der Waals surface area contributed by atoms with Crippen molar-refractivity contribution in [3.8, 4) is 11.8 Å². The van der Waals surface area contributed by atoms with Gasteiger partial charge < -0.3 is 13.9 Å². The van der Waals surface area contributed by atoms with Gasteiger partial charge in [-0.05, 0) is 54.4 Å². The van der Waals surface area contributed by atoms with Crippen LogP contribution in [0.5, 0.6) is 0 Å². The Morgan fingerprint density at radius 1 is 0.973 bits per heavy atom. The molecule has 0 amide bonds. The Kier molecular flexibility index (Phi) is 10.0. The predicted molar refractivity (Wildman–Crippen MR) is 158 cm³/mol. The summed E-state index contributed by atoms with van der Waals surface area (Å²) in [5.41, 5.74) is 2.49. The molecule has 0 aromatic heterocycles. The number of rotatable bonds is 9. The molecule has 2 aromatic carbocycles. The Balaban J connectivity index is 1.93. The van der Waals surface area contributed by atoms with Gasteiger partial charge in [0, 0.05) is 12.2 Å². The van der Waals surface area contributed by atoms with Crippen molar-refractivity contribution in [2.45, 2.75) is 85.5 Å². The molecule has 2 atom stereocenters. The lowest BCUT2D eigenvalue weighted by Gasteiger charge is -2.47. The third-order valence-corrected chi connectivity index (χ3v) is 12.4. The van der Waals surface area contributed by atoms with Crippen LogP contribution in [0.1, 0.15) is 68.2 Å². The Labute approximate surface area is 226 Å². The van der Waals surface area contributed by atoms with Gasteiger partial charge >= 0.3 is 0 Å². The quantitative estimate of drug-likeness (QED) is 0.215. The lowest BCUT2D eigenvalue weighted by Crippen LogP contribution is -2.68. The lowest BCUT2D eigenvalue weighted by molar-refractivity contribution is 0.0368. The van der Waals surface area contributed by atoms with E-state index in [4.69, 9.17) is 13.9 Å². The van der Waals surface area contributed by atoms with E-state index in [2.05, 4.69) is 114 Å². The van der Waals surface area contributed by atoms with Crippen LogP contribution >= 0.6 is 0 Å². The fourth-order valence-corrected chi connectivity index (χ4v) is 10.4. The molecule has 0 heterocycles. The van der Waals surface area contributed by atoms with Crippen LogP contribution in [0.25, 0.3) is 0 Å². The average Bonchev–Trinajstić information content (AvgIpc) is 2.84. The van der Waals surface area contributed by atoms with Crippen molar-refractivity contribution in [2.75, 3.05) is 19.8 Å². The molecule has 3 rings (SSSR count). The molecule has 0 aliphatic heterocycles. The lowest BCUT2D eigenvalue weighted by atomic mass is 9.72. The summed E-state index contributed by atoms with van der Waals surface area (Å²) < 4.78 is 18.7. The molecule has 0 fully saturated rings. The second kappa shape index (κ2) is 12.6. The first kappa shape index (κ1) is 29.4. The Bertz CT molecular complexity index is 1050. The van der Waals surface area contributed by atoms with Crippen molar-refractivity contribution in [3.05, 3.63) is 71.8 Å². The van der Waals surface area contributed by atoms with Gasteiger partial charge in [-0.2, -0.15) is 0 Å². The summed E-state index contributed by atoms with van der Waals surface area (Å²) in [4.78, 5) is 0. The maximum absolute atomic E-state index is 7.49. The zero-order valence-electron chi connectivity index (χ0n) is 24.2. The first-order valence-corrected chi connectivity index (χ1v) is 15.6. The number of benzene rings is 2. The molecule has 0 saturated heterocycles. The summed E-state index contributed by atoms with van der Waals surface area (Å²) in [5, 5.41) is 2.62. The molecule has 0 spiro atoms. The van der Waals surface area contributed by atoms with Crippen molar-refractivity contribution >= 4 is 18.7 Å². The van der Waals surface area contributed by atoms with Crippen LogP contribution < -0.4 is 10.4 Å². The zero-order chi connectivity index (χ0) is 27.1. The van der Waals surface area contributed by atoms with Gasteiger partial charge in [0.1, 0.15) is 6.10 Å². The Morgan fingerprint density at radius 3 is 2.03 bits per heavy atom. The summed E-state index contributed by atoms with van der Waals surface area (Å²) in [5.74, 6) is 6.84. The molecule has 0 bridgehead atoms. The molecule has 3 nitrogen and oxygen atoms in total. The monoisotopic (exact) mass is 518 g/mol. The molecule has 4 heteroatoms. The van der Waals surface area contributed by atoms with Crippen LogP contribution in [0, 0.1) is 17.3 Å². The molecule has 0 radical (unpaired) electrons. The van der Waals surface area contributed by atoms with E-state index in [1.807, 2.05) is 13.8 Å². The van der Waals surface area contributed by atoms with Gasteiger partial charge in [-0.15, -0.1) is 0 Å². The highest BCUT2D eigenvalue weighted by Gasteiger charge is 2.52. The first-order chi connectivity index (χ1) is 17.5. The zero-order valence-corrected chi connectivity index (χ0v) is 25.2. The molecule has 0 N–H and O–H groups in total. The van der Waals surface area contributed by atoms with Crippen LogP contribution in [0.15, 0.2) is 71.8 Å². The minimum Gasteiger partial charge on any atom is -0.404 e. The third-order valence-electron chi connectivity index (χ3n) is 7.34. The Hall–Kier alpha value is -2.16. The van der Waals surface area contributed by atoms with Crippen LogP contribution in [0.4, 0.5) is 0 Å². The van der Waals surface area contributed by atoms with E-state index in [9.17, 15) is 0 Å². The molecule has 200 valence electrons. The summed E-state index contributed by atoms with van der Waals surface area (Å²) in [6, 6.07) is 21.9. The van der Waals surface area contributed by atoms with Gasteiger partial charge in [-0.3, -0.25) is 0 Å². The van der Waals surface area contributed by atoms with E-state index in [0.29, 0.717) is 19.8 Å². The van der Waals surface area contributed by atoms with Crippen molar-refractivity contribution in [1.29, 1.82) is 0 Å². The molecule has 2 aromatic rings. The van der Waals surface area contributed by atoms with Crippen LogP contribution in [-0.2, 0) is 13.9 Å². The van der Waals surface area contributed by atoms with E-state index in [0.717, 1.165) is 12.8 Å². The molecule has 1 aliphatic rings. The average molecular weight is 519 g/mol. The van der Waals surface area contributed by atoms with E-state index in [1.54, 1.807) is 0 Å². The molecular formula is C33H46O3Si. The van der Waals surface area contributed by atoms with Gasteiger partial charge in [0.15, 0.2) is 0 Å². The largest absolute Gasteiger partial charge is 0.404 e. The number of ether oxygens (including phenoxy) is 2. The van der Waals surface area contributed by atoms with E-state index >= 15 is 0 Å². The van der Waals surface area contributed by atoms with Crippen LogP contribution in [-0.4, -0.2) is 40.3 Å². The number of hydrogen-bond acceptors (Lipinski definition) is 3. The number of hydrogen-bond donors (Lipinski definition) is 0. The summed E-state index contributed by atoms with van der Waals surface area (Å²) in [7, 11) is -2.60. The van der Waals surface area contributed by atoms with Gasteiger partial charge in [-0.1, -0.05) is 113 Å². The van der Waals surface area contributed by atoms with E-state index < -0.39 is 8.32 Å². The fraction of sp³-hybridized carbons (Fsp3) is 0.515. The van der Waals surface area contributed by atoms with Gasteiger partial charge in [0.25, 0.3) is 8.32 Å². The maximum atomic E-state index is 7.49. The molecular weight excluding hydrogens is 472 g/mol. The Morgan fingerprint density at radius 2 is 1.54 bits per heavy atom. The minimum atomic E-state index is -2.60. The highest BCUT2D eigenvalue weighted by atomic mass is 28.4. The first-order valence-electron chi connectivity index (χ1n) is 13.7. The van der Waals surface area contributed by atoms with Gasteiger partial charge in [-0.25, -0.2) is 0 Å². The van der Waals surface area contributed by atoms with Crippen LogP contribution in [0.3, 0.4) is 0 Å². The second-order valence-corrected chi connectivity index (χ2v) is 16.1. The van der Waals surface area contributed by atoms with Crippen molar-refractivity contribution in [1.82, 2.24) is 0 Å². The maximum Gasteiger partial charge on any atom is 0.261 e. The van der Waals surface area contributed by atoms with Gasteiger partial charge in [0.05, 0.1) is 19.3 Å². The van der Waals surface area contributed by atoms with Crippen LogP contribution in [0.2, 0.25) is 5.04 Å². The highest BCUT2D eigenvalue weighted by molar-refractivity contribution is 6.99. The second-order valence-electron chi connectivity index (χ2n) is 11.8.